The molecule has 1 fully saturated rings. The van der Waals surface area contributed by atoms with Crippen LogP contribution in [0.15, 0.2) is 0 Å². The number of halogens is 3. The number of hydrogen-bond acceptors (Lipinski definition) is 4. The lowest BCUT2D eigenvalue weighted by Crippen LogP contribution is -2.49. The van der Waals surface area contributed by atoms with Gasteiger partial charge in [0.05, 0.1) is 13.2 Å². The minimum Gasteiger partial charge on any atom is -0.394 e. The normalized spacial score (nSPS) is 21.9. The van der Waals surface area contributed by atoms with Gasteiger partial charge in [-0.25, -0.2) is 0 Å². The number of piperazine rings is 1. The number of aliphatic hydroxyl groups excluding tert-OH is 1. The van der Waals surface area contributed by atoms with Crippen LogP contribution in [0.4, 0.5) is 13.2 Å². The van der Waals surface area contributed by atoms with Gasteiger partial charge in [0.1, 0.15) is 0 Å². The fourth-order valence-corrected chi connectivity index (χ4v) is 2.45. The molecule has 1 aliphatic heterocycles. The average molecular weight is 297 g/mol. The van der Waals surface area contributed by atoms with Gasteiger partial charge >= 0.3 is 6.18 Å². The largest absolute Gasteiger partial charge is 0.401 e. The second-order valence-electron chi connectivity index (χ2n) is 5.71. The van der Waals surface area contributed by atoms with Crippen LogP contribution in [-0.2, 0) is 0 Å². The minimum atomic E-state index is -4.11. The van der Waals surface area contributed by atoms with E-state index in [2.05, 4.69) is 4.90 Å². The highest BCUT2D eigenvalue weighted by Gasteiger charge is 2.32. The van der Waals surface area contributed by atoms with Gasteiger partial charge in [0, 0.05) is 31.7 Å². The molecule has 0 aromatic carbocycles. The SMILES string of the molecule is CCC(N)(CO)CCCN1CCN(CC(F)(F)F)CC1. The first-order valence-electron chi connectivity index (χ1n) is 7.19. The molecule has 0 amide bonds. The molecule has 3 N–H and O–H groups in total. The van der Waals surface area contributed by atoms with Crippen molar-refractivity contribution in [1.82, 2.24) is 9.80 Å². The predicted octanol–water partition coefficient (Wildman–Crippen LogP) is 1.05. The van der Waals surface area contributed by atoms with E-state index in [1.165, 1.54) is 4.90 Å². The van der Waals surface area contributed by atoms with Crippen LogP contribution < -0.4 is 5.73 Å². The summed E-state index contributed by atoms with van der Waals surface area (Å²) in [6.07, 6.45) is -1.78. The van der Waals surface area contributed by atoms with Crippen molar-refractivity contribution in [3.63, 3.8) is 0 Å². The number of rotatable bonds is 7. The van der Waals surface area contributed by atoms with E-state index in [4.69, 9.17) is 5.73 Å². The van der Waals surface area contributed by atoms with E-state index < -0.39 is 18.3 Å². The van der Waals surface area contributed by atoms with Crippen molar-refractivity contribution in [1.29, 1.82) is 0 Å². The number of hydrogen-bond donors (Lipinski definition) is 2. The first-order valence-corrected chi connectivity index (χ1v) is 7.19. The summed E-state index contributed by atoms with van der Waals surface area (Å²) in [6, 6.07) is 0. The first-order chi connectivity index (χ1) is 9.28. The molecule has 1 rings (SSSR count). The van der Waals surface area contributed by atoms with E-state index in [1.54, 1.807) is 0 Å². The van der Waals surface area contributed by atoms with Gasteiger partial charge < -0.3 is 15.7 Å². The molecule has 1 aliphatic rings. The molecule has 1 unspecified atom stereocenters. The molecule has 20 heavy (non-hydrogen) atoms. The van der Waals surface area contributed by atoms with Crippen molar-refractivity contribution in [2.24, 2.45) is 5.73 Å². The molecule has 4 nitrogen and oxygen atoms in total. The molecule has 0 saturated carbocycles. The highest BCUT2D eigenvalue weighted by molar-refractivity contribution is 4.82. The van der Waals surface area contributed by atoms with Gasteiger partial charge in [-0.1, -0.05) is 6.92 Å². The van der Waals surface area contributed by atoms with Gasteiger partial charge in [-0.15, -0.1) is 0 Å². The molecule has 0 aromatic heterocycles. The third kappa shape index (κ3) is 6.39. The molecule has 1 atom stereocenters. The topological polar surface area (TPSA) is 52.7 Å². The molecule has 0 spiro atoms. The van der Waals surface area contributed by atoms with E-state index in [0.717, 1.165) is 25.8 Å². The van der Waals surface area contributed by atoms with E-state index in [0.29, 0.717) is 26.2 Å². The van der Waals surface area contributed by atoms with Crippen LogP contribution in [0.2, 0.25) is 0 Å². The van der Waals surface area contributed by atoms with E-state index >= 15 is 0 Å². The van der Waals surface area contributed by atoms with Crippen molar-refractivity contribution in [2.45, 2.75) is 37.9 Å². The Morgan fingerprint density at radius 3 is 2.10 bits per heavy atom. The Labute approximate surface area is 118 Å². The van der Waals surface area contributed by atoms with Crippen molar-refractivity contribution >= 4 is 0 Å². The summed E-state index contributed by atoms with van der Waals surface area (Å²) in [4.78, 5) is 3.61. The molecule has 1 heterocycles. The second kappa shape index (κ2) is 7.59. The third-order valence-corrected chi connectivity index (χ3v) is 4.04. The van der Waals surface area contributed by atoms with Gasteiger partial charge in [0.15, 0.2) is 0 Å². The Balaban J connectivity index is 2.20. The summed E-state index contributed by atoms with van der Waals surface area (Å²) < 4.78 is 36.8. The zero-order valence-electron chi connectivity index (χ0n) is 12.1. The van der Waals surface area contributed by atoms with Gasteiger partial charge in [0.25, 0.3) is 0 Å². The summed E-state index contributed by atoms with van der Waals surface area (Å²) in [6.45, 7) is 4.20. The van der Waals surface area contributed by atoms with Gasteiger partial charge in [-0.2, -0.15) is 13.2 Å². The second-order valence-corrected chi connectivity index (χ2v) is 5.71. The van der Waals surface area contributed by atoms with E-state index in [9.17, 15) is 18.3 Å². The number of aliphatic hydroxyl groups is 1. The highest BCUT2D eigenvalue weighted by atomic mass is 19.4. The zero-order chi connectivity index (χ0) is 15.2. The Kier molecular flexibility index (Phi) is 6.71. The maximum atomic E-state index is 12.3. The van der Waals surface area contributed by atoms with Crippen molar-refractivity contribution < 1.29 is 18.3 Å². The Morgan fingerprint density at radius 2 is 1.65 bits per heavy atom. The molecular weight excluding hydrogens is 271 g/mol. The average Bonchev–Trinajstić information content (AvgIpc) is 2.39. The molecule has 0 aromatic rings. The monoisotopic (exact) mass is 297 g/mol. The quantitative estimate of drug-likeness (QED) is 0.737. The third-order valence-electron chi connectivity index (χ3n) is 4.04. The first kappa shape index (κ1) is 17.7. The summed E-state index contributed by atoms with van der Waals surface area (Å²) in [5, 5.41) is 9.21. The molecule has 0 radical (unpaired) electrons. The summed E-state index contributed by atoms with van der Waals surface area (Å²) in [5.74, 6) is 0. The number of nitrogens with two attached hydrogens (primary N) is 1. The van der Waals surface area contributed by atoms with E-state index in [1.807, 2.05) is 6.92 Å². The number of alkyl halides is 3. The summed E-state index contributed by atoms with van der Waals surface area (Å²) in [5.41, 5.74) is 5.49. The van der Waals surface area contributed by atoms with E-state index in [-0.39, 0.29) is 6.61 Å². The van der Waals surface area contributed by atoms with Crippen molar-refractivity contribution in [2.75, 3.05) is 45.9 Å². The fraction of sp³-hybridized carbons (Fsp3) is 1.00. The summed E-state index contributed by atoms with van der Waals surface area (Å²) in [7, 11) is 0. The Bertz CT molecular complexity index is 275. The predicted molar refractivity (Wildman–Crippen MR) is 72.5 cm³/mol. The summed E-state index contributed by atoms with van der Waals surface area (Å²) >= 11 is 0. The van der Waals surface area contributed by atoms with Crippen LogP contribution in [0.5, 0.6) is 0 Å². The van der Waals surface area contributed by atoms with Crippen LogP contribution >= 0.6 is 0 Å². The van der Waals surface area contributed by atoms with Gasteiger partial charge in [-0.05, 0) is 25.8 Å². The van der Waals surface area contributed by atoms with Crippen molar-refractivity contribution in [3.8, 4) is 0 Å². The Hall–Kier alpha value is -0.370. The van der Waals surface area contributed by atoms with Gasteiger partial charge in [-0.3, -0.25) is 4.90 Å². The lowest BCUT2D eigenvalue weighted by atomic mass is 9.92. The fourth-order valence-electron chi connectivity index (χ4n) is 2.45. The minimum absolute atomic E-state index is 0.0249. The molecule has 7 heteroatoms. The lowest BCUT2D eigenvalue weighted by Gasteiger charge is -2.35. The lowest BCUT2D eigenvalue weighted by molar-refractivity contribution is -0.149. The molecular formula is C13H26F3N3O. The highest BCUT2D eigenvalue weighted by Crippen LogP contribution is 2.18. The Morgan fingerprint density at radius 1 is 1.10 bits per heavy atom. The van der Waals surface area contributed by atoms with Crippen LogP contribution in [0.25, 0.3) is 0 Å². The number of nitrogens with zero attached hydrogens (tertiary/aromatic N) is 2. The molecule has 120 valence electrons. The smallest absolute Gasteiger partial charge is 0.394 e. The molecule has 0 aliphatic carbocycles. The van der Waals surface area contributed by atoms with Crippen LogP contribution in [0, 0.1) is 0 Å². The van der Waals surface area contributed by atoms with Crippen molar-refractivity contribution in [3.05, 3.63) is 0 Å². The maximum absolute atomic E-state index is 12.3. The van der Waals surface area contributed by atoms with Gasteiger partial charge in [0.2, 0.25) is 0 Å². The standard InChI is InChI=1S/C13H26F3N3O/c1-2-12(17,11-20)4-3-5-18-6-8-19(9-7-18)10-13(14,15)16/h20H,2-11,17H2,1H3. The maximum Gasteiger partial charge on any atom is 0.401 e. The van der Waals surface area contributed by atoms with Crippen LogP contribution in [0.1, 0.15) is 26.2 Å². The zero-order valence-corrected chi connectivity index (χ0v) is 12.1. The van der Waals surface area contributed by atoms with Crippen LogP contribution in [-0.4, -0.2) is 72.5 Å². The molecule has 0 bridgehead atoms. The molecule has 1 saturated heterocycles. The van der Waals surface area contributed by atoms with Crippen LogP contribution in [0.3, 0.4) is 0 Å².